The molecule has 1 saturated heterocycles. The highest BCUT2D eigenvalue weighted by Crippen LogP contribution is 2.35. The summed E-state index contributed by atoms with van der Waals surface area (Å²) in [7, 11) is 2.18. The Morgan fingerprint density at radius 3 is 2.61 bits per heavy atom. The van der Waals surface area contributed by atoms with Crippen molar-refractivity contribution < 1.29 is 0 Å². The molecule has 0 saturated carbocycles. The molecule has 3 aromatic rings. The smallest absolute Gasteiger partial charge is 0.126 e. The lowest BCUT2D eigenvalue weighted by Gasteiger charge is -2.29. The summed E-state index contributed by atoms with van der Waals surface area (Å²) in [6, 6.07) is 10.8. The Morgan fingerprint density at radius 2 is 1.82 bits per heavy atom. The monoisotopic (exact) mass is 372 g/mol. The van der Waals surface area contributed by atoms with Gasteiger partial charge in [0.05, 0.1) is 6.04 Å². The number of hydrogen-bond donors (Lipinski definition) is 2. The average Bonchev–Trinajstić information content (AvgIpc) is 3.33. The fraction of sp³-hybridized carbons (Fsp3) is 0.318. The molecule has 0 amide bonds. The number of amidine groups is 1. The van der Waals surface area contributed by atoms with Gasteiger partial charge in [-0.15, -0.1) is 0 Å². The number of rotatable bonds is 3. The van der Waals surface area contributed by atoms with Gasteiger partial charge < -0.3 is 10.2 Å². The number of pyridine rings is 1. The van der Waals surface area contributed by atoms with Crippen LogP contribution in [0, 0.1) is 5.41 Å². The molecular weight excluding hydrogens is 348 g/mol. The van der Waals surface area contributed by atoms with Crippen LogP contribution in [0.15, 0.2) is 48.9 Å². The van der Waals surface area contributed by atoms with Crippen LogP contribution in [0.2, 0.25) is 0 Å². The lowest BCUT2D eigenvalue weighted by Crippen LogP contribution is -2.31. The van der Waals surface area contributed by atoms with Crippen LogP contribution in [-0.2, 0) is 6.54 Å². The highest BCUT2D eigenvalue weighted by atomic mass is 15.3. The van der Waals surface area contributed by atoms with Crippen LogP contribution in [0.4, 0.5) is 0 Å². The Labute approximate surface area is 164 Å². The van der Waals surface area contributed by atoms with Crippen LogP contribution in [0.1, 0.15) is 30.0 Å². The number of nitrogens with one attached hydrogen (secondary N) is 2. The molecule has 2 N–H and O–H groups in total. The fourth-order valence-corrected chi connectivity index (χ4v) is 4.20. The van der Waals surface area contributed by atoms with Crippen molar-refractivity contribution in [1.29, 1.82) is 5.41 Å². The Bertz CT molecular complexity index is 1010. The van der Waals surface area contributed by atoms with Gasteiger partial charge in [-0.2, -0.15) is 5.10 Å². The van der Waals surface area contributed by atoms with E-state index in [4.69, 9.17) is 10.5 Å². The largest absolute Gasteiger partial charge is 0.366 e. The van der Waals surface area contributed by atoms with Gasteiger partial charge in [0.2, 0.25) is 0 Å². The highest BCUT2D eigenvalue weighted by Gasteiger charge is 2.23. The van der Waals surface area contributed by atoms with Gasteiger partial charge in [-0.05, 0) is 62.3 Å². The van der Waals surface area contributed by atoms with E-state index in [0.717, 1.165) is 60.4 Å². The summed E-state index contributed by atoms with van der Waals surface area (Å²) in [5.41, 5.74) is 6.56. The van der Waals surface area contributed by atoms with E-state index >= 15 is 0 Å². The van der Waals surface area contributed by atoms with Crippen molar-refractivity contribution >= 4 is 5.84 Å². The molecule has 142 valence electrons. The third kappa shape index (κ3) is 2.99. The fourth-order valence-electron chi connectivity index (χ4n) is 4.20. The van der Waals surface area contributed by atoms with Crippen molar-refractivity contribution in [2.45, 2.75) is 25.4 Å². The van der Waals surface area contributed by atoms with Crippen LogP contribution in [-0.4, -0.2) is 45.6 Å². The third-order valence-electron chi connectivity index (χ3n) is 5.89. The number of hydrogen-bond acceptors (Lipinski definition) is 4. The second kappa shape index (κ2) is 6.87. The molecule has 0 radical (unpaired) electrons. The molecule has 2 aliphatic rings. The SMILES string of the molecule is CN1CCC(n2cc(-c3ccc4c(c3)CNC4=N)c(-c3ccncc3)n2)CC1. The molecule has 2 aliphatic heterocycles. The average molecular weight is 372 g/mol. The predicted octanol–water partition coefficient (Wildman–Crippen LogP) is 3.31. The van der Waals surface area contributed by atoms with Gasteiger partial charge in [0.25, 0.3) is 0 Å². The molecule has 4 heterocycles. The molecule has 6 heteroatoms. The van der Waals surface area contributed by atoms with Gasteiger partial charge in [0.1, 0.15) is 11.5 Å². The summed E-state index contributed by atoms with van der Waals surface area (Å²) >= 11 is 0. The normalized spacial score (nSPS) is 17.5. The third-order valence-corrected chi connectivity index (χ3v) is 5.89. The van der Waals surface area contributed by atoms with Gasteiger partial charge in [-0.25, -0.2) is 0 Å². The Balaban J connectivity index is 1.59. The second-order valence-corrected chi connectivity index (χ2v) is 7.74. The van der Waals surface area contributed by atoms with E-state index in [9.17, 15) is 0 Å². The standard InChI is InChI=1S/C22H24N6/c1-27-10-6-18(7-11-27)28-14-20(21(26-28)15-4-8-24-9-5-15)16-2-3-19-17(12-16)13-25-22(19)23/h2-5,8-9,12,14,18H,6-7,10-11,13H2,1H3,(H2,23,25). The molecule has 1 aromatic carbocycles. The van der Waals surface area contributed by atoms with Gasteiger partial charge in [-0.1, -0.05) is 12.1 Å². The first-order valence-electron chi connectivity index (χ1n) is 9.83. The van der Waals surface area contributed by atoms with Gasteiger partial charge in [0, 0.05) is 41.8 Å². The molecule has 0 bridgehead atoms. The summed E-state index contributed by atoms with van der Waals surface area (Å²) in [6.07, 6.45) is 8.10. The number of nitrogens with zero attached hydrogens (tertiary/aromatic N) is 4. The Hall–Kier alpha value is -2.99. The molecule has 0 unspecified atom stereocenters. The molecule has 1 fully saturated rings. The minimum absolute atomic E-state index is 0.440. The molecule has 6 nitrogen and oxygen atoms in total. The van der Waals surface area contributed by atoms with Crippen LogP contribution >= 0.6 is 0 Å². The first kappa shape index (κ1) is 17.1. The Morgan fingerprint density at radius 1 is 1.04 bits per heavy atom. The van der Waals surface area contributed by atoms with Crippen LogP contribution < -0.4 is 5.32 Å². The van der Waals surface area contributed by atoms with E-state index in [1.807, 2.05) is 24.5 Å². The number of likely N-dealkylation sites (tertiary alicyclic amines) is 1. The summed E-state index contributed by atoms with van der Waals surface area (Å²) < 4.78 is 2.17. The van der Waals surface area contributed by atoms with E-state index < -0.39 is 0 Å². The topological polar surface area (TPSA) is 69.8 Å². The highest BCUT2D eigenvalue weighted by molar-refractivity contribution is 6.01. The Kier molecular flexibility index (Phi) is 4.20. The first-order valence-corrected chi connectivity index (χ1v) is 9.83. The summed E-state index contributed by atoms with van der Waals surface area (Å²) in [5.74, 6) is 0.512. The zero-order chi connectivity index (χ0) is 19.1. The molecule has 0 spiro atoms. The van der Waals surface area contributed by atoms with Crippen molar-refractivity contribution in [2.75, 3.05) is 20.1 Å². The maximum absolute atomic E-state index is 8.00. The quantitative estimate of drug-likeness (QED) is 0.740. The zero-order valence-corrected chi connectivity index (χ0v) is 16.0. The summed E-state index contributed by atoms with van der Waals surface area (Å²) in [4.78, 5) is 6.54. The van der Waals surface area contributed by atoms with Crippen molar-refractivity contribution in [2.24, 2.45) is 0 Å². The number of fused-ring (bicyclic) bond motifs is 1. The maximum Gasteiger partial charge on any atom is 0.126 e. The summed E-state index contributed by atoms with van der Waals surface area (Å²) in [5, 5.41) is 16.1. The van der Waals surface area contributed by atoms with E-state index in [0.29, 0.717) is 11.9 Å². The maximum atomic E-state index is 8.00. The van der Waals surface area contributed by atoms with Crippen molar-refractivity contribution in [3.05, 3.63) is 60.0 Å². The first-order chi connectivity index (χ1) is 13.7. The minimum Gasteiger partial charge on any atom is -0.366 e. The lowest BCUT2D eigenvalue weighted by atomic mass is 9.98. The van der Waals surface area contributed by atoms with Crippen molar-refractivity contribution in [3.8, 4) is 22.4 Å². The van der Waals surface area contributed by atoms with E-state index in [2.05, 4.69) is 51.3 Å². The summed E-state index contributed by atoms with van der Waals surface area (Å²) in [6.45, 7) is 2.93. The van der Waals surface area contributed by atoms with Gasteiger partial charge in [-0.3, -0.25) is 15.1 Å². The van der Waals surface area contributed by atoms with Gasteiger partial charge >= 0.3 is 0 Å². The molecule has 28 heavy (non-hydrogen) atoms. The van der Waals surface area contributed by atoms with Crippen LogP contribution in [0.5, 0.6) is 0 Å². The predicted molar refractivity (Wildman–Crippen MR) is 110 cm³/mol. The molecule has 5 rings (SSSR count). The molecule has 2 aromatic heterocycles. The molecule has 0 aliphatic carbocycles. The zero-order valence-electron chi connectivity index (χ0n) is 16.0. The number of benzene rings is 1. The number of aromatic nitrogens is 3. The van der Waals surface area contributed by atoms with Crippen molar-refractivity contribution in [1.82, 2.24) is 25.0 Å². The number of piperidine rings is 1. The van der Waals surface area contributed by atoms with E-state index in [-0.39, 0.29) is 0 Å². The lowest BCUT2D eigenvalue weighted by molar-refractivity contribution is 0.212. The van der Waals surface area contributed by atoms with Crippen LogP contribution in [0.25, 0.3) is 22.4 Å². The molecular formula is C22H24N6. The van der Waals surface area contributed by atoms with E-state index in [1.54, 1.807) is 0 Å². The second-order valence-electron chi connectivity index (χ2n) is 7.74. The van der Waals surface area contributed by atoms with Gasteiger partial charge in [0.15, 0.2) is 0 Å². The van der Waals surface area contributed by atoms with E-state index in [1.165, 1.54) is 5.56 Å². The minimum atomic E-state index is 0.440. The van der Waals surface area contributed by atoms with Crippen LogP contribution in [0.3, 0.4) is 0 Å². The molecule has 0 atom stereocenters. The van der Waals surface area contributed by atoms with Crippen molar-refractivity contribution in [3.63, 3.8) is 0 Å².